The van der Waals surface area contributed by atoms with Crippen molar-refractivity contribution in [1.29, 1.82) is 0 Å². The van der Waals surface area contributed by atoms with Gasteiger partial charge in [-0.15, -0.1) is 0 Å². The highest BCUT2D eigenvalue weighted by atomic mass is 16.4. The molecule has 0 amide bonds. The Morgan fingerprint density at radius 2 is 2.00 bits per heavy atom. The molecule has 88 valence electrons. The Labute approximate surface area is 94.8 Å². The van der Waals surface area contributed by atoms with Gasteiger partial charge in [0.15, 0.2) is 0 Å². The third-order valence-corrected chi connectivity index (χ3v) is 2.14. The Morgan fingerprint density at radius 3 is 2.50 bits per heavy atom. The van der Waals surface area contributed by atoms with E-state index in [4.69, 9.17) is 10.9 Å². The lowest BCUT2D eigenvalue weighted by molar-refractivity contribution is 0.317. The molecule has 3 N–H and O–H groups in total. The van der Waals surface area contributed by atoms with Gasteiger partial charge in [-0.3, -0.25) is 0 Å². The van der Waals surface area contributed by atoms with Crippen molar-refractivity contribution < 1.29 is 5.21 Å². The van der Waals surface area contributed by atoms with Gasteiger partial charge in [0.25, 0.3) is 0 Å². The fourth-order valence-corrected chi connectivity index (χ4v) is 1.31. The molecule has 16 heavy (non-hydrogen) atoms. The first kappa shape index (κ1) is 12.2. The third kappa shape index (κ3) is 3.38. The van der Waals surface area contributed by atoms with Crippen LogP contribution in [0, 0.1) is 13.8 Å². The number of hydrogen-bond donors (Lipinski definition) is 2. The standard InChI is InChI=1S/C10H17N5O/c1-7-6-8(2)13-10(12-7)15(3)5-4-9(11)14-16/h6,16H,4-5H2,1-3H3,(H2,11,14). The number of hydrogen-bond acceptors (Lipinski definition) is 5. The molecule has 0 aliphatic rings. The molecule has 0 spiro atoms. The zero-order chi connectivity index (χ0) is 12.1. The molecule has 1 heterocycles. The maximum Gasteiger partial charge on any atom is 0.225 e. The second-order valence-corrected chi connectivity index (χ2v) is 3.71. The Kier molecular flexibility index (Phi) is 4.04. The summed E-state index contributed by atoms with van der Waals surface area (Å²) in [6.07, 6.45) is 0.476. The van der Waals surface area contributed by atoms with E-state index in [-0.39, 0.29) is 5.84 Å². The maximum atomic E-state index is 8.42. The van der Waals surface area contributed by atoms with Gasteiger partial charge in [0.05, 0.1) is 0 Å². The largest absolute Gasteiger partial charge is 0.409 e. The van der Waals surface area contributed by atoms with Gasteiger partial charge < -0.3 is 15.8 Å². The van der Waals surface area contributed by atoms with Crippen LogP contribution in [0.15, 0.2) is 11.2 Å². The van der Waals surface area contributed by atoms with Gasteiger partial charge in [0.1, 0.15) is 5.84 Å². The molecule has 6 heteroatoms. The number of rotatable bonds is 4. The van der Waals surface area contributed by atoms with Gasteiger partial charge >= 0.3 is 0 Å². The number of oxime groups is 1. The molecule has 0 aliphatic carbocycles. The quantitative estimate of drug-likeness (QED) is 0.339. The first-order valence-electron chi connectivity index (χ1n) is 5.02. The van der Waals surface area contributed by atoms with Gasteiger partial charge in [-0.2, -0.15) is 0 Å². The average molecular weight is 223 g/mol. The molecule has 1 rings (SSSR count). The number of aryl methyl sites for hydroxylation is 2. The first-order valence-corrected chi connectivity index (χ1v) is 5.02. The average Bonchev–Trinajstić information content (AvgIpc) is 2.23. The summed E-state index contributed by atoms with van der Waals surface area (Å²) >= 11 is 0. The van der Waals surface area contributed by atoms with Crippen LogP contribution in [0.5, 0.6) is 0 Å². The van der Waals surface area contributed by atoms with Crippen LogP contribution in [0.2, 0.25) is 0 Å². The molecule has 0 unspecified atom stereocenters. The van der Waals surface area contributed by atoms with Crippen molar-refractivity contribution >= 4 is 11.8 Å². The van der Waals surface area contributed by atoms with Crippen molar-refractivity contribution in [3.05, 3.63) is 17.5 Å². The van der Waals surface area contributed by atoms with E-state index in [1.807, 2.05) is 31.9 Å². The lowest BCUT2D eigenvalue weighted by Gasteiger charge is -2.17. The SMILES string of the molecule is Cc1cc(C)nc(N(C)CC/C(N)=N/O)n1. The van der Waals surface area contributed by atoms with Crippen LogP contribution in [0.3, 0.4) is 0 Å². The minimum absolute atomic E-state index is 0.205. The van der Waals surface area contributed by atoms with Crippen LogP contribution < -0.4 is 10.6 Å². The molecule has 0 bridgehead atoms. The number of amidine groups is 1. The van der Waals surface area contributed by atoms with Crippen LogP contribution >= 0.6 is 0 Å². The lowest BCUT2D eigenvalue weighted by Crippen LogP contribution is -2.26. The van der Waals surface area contributed by atoms with Gasteiger partial charge in [-0.1, -0.05) is 5.16 Å². The van der Waals surface area contributed by atoms with Gasteiger partial charge in [-0.05, 0) is 19.9 Å². The van der Waals surface area contributed by atoms with Crippen LogP contribution in [0.4, 0.5) is 5.95 Å². The number of anilines is 1. The summed E-state index contributed by atoms with van der Waals surface area (Å²) in [7, 11) is 1.87. The summed E-state index contributed by atoms with van der Waals surface area (Å²) in [6.45, 7) is 4.46. The maximum absolute atomic E-state index is 8.42. The van der Waals surface area contributed by atoms with E-state index in [1.54, 1.807) is 0 Å². The highest BCUT2D eigenvalue weighted by Crippen LogP contribution is 2.08. The Hall–Kier alpha value is -1.85. The van der Waals surface area contributed by atoms with Crippen molar-refractivity contribution in [3.8, 4) is 0 Å². The van der Waals surface area contributed by atoms with Crippen molar-refractivity contribution in [1.82, 2.24) is 9.97 Å². The summed E-state index contributed by atoms with van der Waals surface area (Å²) in [6, 6.07) is 1.92. The third-order valence-electron chi connectivity index (χ3n) is 2.14. The Morgan fingerprint density at radius 1 is 1.44 bits per heavy atom. The molecule has 0 saturated carbocycles. The lowest BCUT2D eigenvalue weighted by atomic mass is 10.3. The molecule has 1 aromatic heterocycles. The smallest absolute Gasteiger partial charge is 0.225 e. The minimum Gasteiger partial charge on any atom is -0.409 e. The van der Waals surface area contributed by atoms with E-state index in [9.17, 15) is 0 Å². The van der Waals surface area contributed by atoms with E-state index in [0.717, 1.165) is 11.4 Å². The Bertz CT molecular complexity index is 371. The fourth-order valence-electron chi connectivity index (χ4n) is 1.31. The minimum atomic E-state index is 0.205. The Balaban J connectivity index is 2.69. The van der Waals surface area contributed by atoms with Crippen LogP contribution in [0.25, 0.3) is 0 Å². The molecule has 0 radical (unpaired) electrons. The van der Waals surface area contributed by atoms with E-state index >= 15 is 0 Å². The van der Waals surface area contributed by atoms with Crippen LogP contribution in [0.1, 0.15) is 17.8 Å². The molecule has 0 aliphatic heterocycles. The topological polar surface area (TPSA) is 87.6 Å². The second kappa shape index (κ2) is 5.29. The summed E-state index contributed by atoms with van der Waals surface area (Å²) in [5, 5.41) is 11.3. The fraction of sp³-hybridized carbons (Fsp3) is 0.500. The van der Waals surface area contributed by atoms with E-state index in [0.29, 0.717) is 18.9 Å². The molecule has 6 nitrogen and oxygen atoms in total. The highest BCUT2D eigenvalue weighted by Gasteiger charge is 2.06. The van der Waals surface area contributed by atoms with Crippen LogP contribution in [-0.2, 0) is 0 Å². The van der Waals surface area contributed by atoms with Crippen molar-refractivity contribution in [3.63, 3.8) is 0 Å². The second-order valence-electron chi connectivity index (χ2n) is 3.71. The van der Waals surface area contributed by atoms with E-state index in [1.165, 1.54) is 0 Å². The zero-order valence-corrected chi connectivity index (χ0v) is 9.80. The molecule has 1 aromatic rings. The van der Waals surface area contributed by atoms with Gasteiger partial charge in [0.2, 0.25) is 5.95 Å². The summed E-state index contributed by atoms with van der Waals surface area (Å²) in [5.41, 5.74) is 7.25. The van der Waals surface area contributed by atoms with Crippen LogP contribution in [-0.4, -0.2) is 34.6 Å². The van der Waals surface area contributed by atoms with Crippen molar-refractivity contribution in [2.45, 2.75) is 20.3 Å². The number of nitrogens with zero attached hydrogens (tertiary/aromatic N) is 4. The summed E-state index contributed by atoms with van der Waals surface area (Å²) in [5.74, 6) is 0.861. The monoisotopic (exact) mass is 223 g/mol. The molecule has 0 aromatic carbocycles. The predicted octanol–water partition coefficient (Wildman–Crippen LogP) is 0.666. The molecule has 0 atom stereocenters. The molecule has 0 saturated heterocycles. The van der Waals surface area contributed by atoms with E-state index < -0.39 is 0 Å². The number of aromatic nitrogens is 2. The first-order chi connectivity index (χ1) is 7.52. The van der Waals surface area contributed by atoms with Crippen molar-refractivity contribution in [2.24, 2.45) is 10.9 Å². The normalized spacial score (nSPS) is 11.6. The van der Waals surface area contributed by atoms with Gasteiger partial charge in [-0.25, -0.2) is 9.97 Å². The highest BCUT2D eigenvalue weighted by molar-refractivity contribution is 5.80. The summed E-state index contributed by atoms with van der Waals surface area (Å²) < 4.78 is 0. The summed E-state index contributed by atoms with van der Waals surface area (Å²) in [4.78, 5) is 10.5. The molecule has 0 fully saturated rings. The van der Waals surface area contributed by atoms with E-state index in [2.05, 4.69) is 15.1 Å². The zero-order valence-electron chi connectivity index (χ0n) is 9.80. The molecular formula is C10H17N5O. The predicted molar refractivity (Wildman–Crippen MR) is 62.8 cm³/mol. The number of nitrogens with two attached hydrogens (primary N) is 1. The molecular weight excluding hydrogens is 206 g/mol. The van der Waals surface area contributed by atoms with Crippen molar-refractivity contribution in [2.75, 3.05) is 18.5 Å². The van der Waals surface area contributed by atoms with Gasteiger partial charge in [0, 0.05) is 31.4 Å².